The van der Waals surface area contributed by atoms with Crippen LogP contribution in [0.2, 0.25) is 0 Å². The van der Waals surface area contributed by atoms with Gasteiger partial charge in [-0.25, -0.2) is 0 Å². The topological polar surface area (TPSA) is 28.0 Å². The van der Waals surface area contributed by atoms with Crippen molar-refractivity contribution in [3.05, 3.63) is 0 Å². The molecule has 7 heavy (non-hydrogen) atoms. The molecule has 0 radical (unpaired) electrons. The van der Waals surface area contributed by atoms with Gasteiger partial charge in [0.05, 0.1) is 0 Å². The fourth-order valence-corrected chi connectivity index (χ4v) is 0.408. The van der Waals surface area contributed by atoms with E-state index in [-0.39, 0.29) is 0 Å². The van der Waals surface area contributed by atoms with Crippen LogP contribution in [0.1, 0.15) is 6.42 Å². The molecule has 0 N–H and O–H groups in total. The average Bonchev–Trinajstić information content (AvgIpc) is 1.69. The third-order valence-corrected chi connectivity index (χ3v) is 0.708. The average molecular weight is 97.1 g/mol. The van der Waals surface area contributed by atoms with Crippen LogP contribution in [0.5, 0.6) is 0 Å². The second-order valence-corrected chi connectivity index (χ2v) is 1.32. The van der Waals surface area contributed by atoms with Crippen molar-refractivity contribution in [1.29, 1.82) is 0 Å². The van der Waals surface area contributed by atoms with Crippen molar-refractivity contribution in [2.75, 3.05) is 7.05 Å². The van der Waals surface area contributed by atoms with Gasteiger partial charge in [0.2, 0.25) is 0 Å². The molecule has 0 atom stereocenters. The van der Waals surface area contributed by atoms with E-state index in [0.29, 0.717) is 0 Å². The van der Waals surface area contributed by atoms with E-state index in [1.54, 1.807) is 7.05 Å². The molecule has 0 spiro atoms. The molecule has 0 aromatic carbocycles. The van der Waals surface area contributed by atoms with Gasteiger partial charge in [-0.1, -0.05) is 0 Å². The minimum absolute atomic E-state index is 0.865. The van der Waals surface area contributed by atoms with Crippen molar-refractivity contribution in [3.8, 4) is 0 Å². The molecule has 0 bridgehead atoms. The van der Waals surface area contributed by atoms with E-state index in [0.717, 1.165) is 6.42 Å². The van der Waals surface area contributed by atoms with Crippen molar-refractivity contribution in [2.24, 2.45) is 10.2 Å². The summed E-state index contributed by atoms with van der Waals surface area (Å²) in [5.41, 5.74) is 0. The minimum Gasteiger partial charge on any atom is -0.189 e. The quantitative estimate of drug-likeness (QED) is 0.427. The zero-order valence-corrected chi connectivity index (χ0v) is 4.20. The van der Waals surface area contributed by atoms with E-state index in [9.17, 15) is 0 Å². The van der Waals surface area contributed by atoms with Crippen molar-refractivity contribution >= 4 is 12.4 Å². The largest absolute Gasteiger partial charge is 0.189 e. The highest BCUT2D eigenvalue weighted by molar-refractivity contribution is 5.79. The van der Waals surface area contributed by atoms with Gasteiger partial charge in [0.25, 0.3) is 0 Å². The van der Waals surface area contributed by atoms with Gasteiger partial charge < -0.3 is 0 Å². The van der Waals surface area contributed by atoms with Crippen LogP contribution in [0.15, 0.2) is 10.2 Å². The van der Waals surface area contributed by atoms with Crippen LogP contribution in [-0.4, -0.2) is 24.6 Å². The molecule has 38 valence electrons. The monoisotopic (exact) mass is 97.1 g/mol. The summed E-state index contributed by atoms with van der Waals surface area (Å²) >= 11 is 0. The molecule has 1 aliphatic rings. The zero-order chi connectivity index (χ0) is 5.11. The maximum absolute atomic E-state index is 3.84. The fourth-order valence-electron chi connectivity index (χ4n) is 0.408. The van der Waals surface area contributed by atoms with E-state index in [1.165, 1.54) is 5.12 Å². The van der Waals surface area contributed by atoms with E-state index < -0.39 is 0 Å². The summed E-state index contributed by atoms with van der Waals surface area (Å²) in [7, 11) is 1.80. The highest BCUT2D eigenvalue weighted by Crippen LogP contribution is 1.87. The van der Waals surface area contributed by atoms with E-state index in [2.05, 4.69) is 10.2 Å². The first-order valence-electron chi connectivity index (χ1n) is 2.18. The lowest BCUT2D eigenvalue weighted by Gasteiger charge is -2.05. The standard InChI is InChI=1S/C4H7N3/c1-7-5-3-2-4-6-7/h3-4H,2H2,1H3. The van der Waals surface area contributed by atoms with Crippen LogP contribution in [0.4, 0.5) is 0 Å². The number of hydrogen-bond acceptors (Lipinski definition) is 3. The van der Waals surface area contributed by atoms with E-state index in [1.807, 2.05) is 12.4 Å². The molecule has 0 amide bonds. The summed E-state index contributed by atoms with van der Waals surface area (Å²) in [5.74, 6) is 0. The Bertz CT molecular complexity index is 93.5. The Morgan fingerprint density at radius 2 is 2.00 bits per heavy atom. The first-order valence-corrected chi connectivity index (χ1v) is 2.18. The van der Waals surface area contributed by atoms with Gasteiger partial charge >= 0.3 is 0 Å². The van der Waals surface area contributed by atoms with Gasteiger partial charge in [-0.2, -0.15) is 15.3 Å². The second kappa shape index (κ2) is 1.73. The maximum Gasteiger partial charge on any atom is 0.0495 e. The third-order valence-electron chi connectivity index (χ3n) is 0.708. The molecular weight excluding hydrogens is 90.1 g/mol. The number of nitrogens with zero attached hydrogens (tertiary/aromatic N) is 3. The van der Waals surface area contributed by atoms with Crippen molar-refractivity contribution in [3.63, 3.8) is 0 Å². The second-order valence-electron chi connectivity index (χ2n) is 1.32. The molecule has 0 aromatic rings. The van der Waals surface area contributed by atoms with Crippen molar-refractivity contribution in [2.45, 2.75) is 6.42 Å². The molecule has 3 nitrogen and oxygen atoms in total. The summed E-state index contributed by atoms with van der Waals surface area (Å²) in [6, 6.07) is 0. The van der Waals surface area contributed by atoms with Crippen molar-refractivity contribution < 1.29 is 0 Å². The normalized spacial score (nSPS) is 18.1. The minimum atomic E-state index is 0.865. The van der Waals surface area contributed by atoms with E-state index in [4.69, 9.17) is 0 Å². The zero-order valence-electron chi connectivity index (χ0n) is 4.20. The van der Waals surface area contributed by atoms with Gasteiger partial charge in [-0.15, -0.1) is 0 Å². The summed E-state index contributed by atoms with van der Waals surface area (Å²) in [5, 5.41) is 9.21. The van der Waals surface area contributed by atoms with Crippen LogP contribution >= 0.6 is 0 Å². The first kappa shape index (κ1) is 4.30. The predicted molar refractivity (Wildman–Crippen MR) is 29.4 cm³/mol. The van der Waals surface area contributed by atoms with Gasteiger partial charge in [-0.3, -0.25) is 0 Å². The molecule has 0 fully saturated rings. The highest BCUT2D eigenvalue weighted by Gasteiger charge is 1.86. The smallest absolute Gasteiger partial charge is 0.0495 e. The number of hydrazone groups is 2. The van der Waals surface area contributed by atoms with Crippen molar-refractivity contribution in [1.82, 2.24) is 5.12 Å². The maximum atomic E-state index is 3.84. The lowest BCUT2D eigenvalue weighted by molar-refractivity contribution is 0.376. The summed E-state index contributed by atoms with van der Waals surface area (Å²) in [6.07, 6.45) is 4.49. The van der Waals surface area contributed by atoms with Gasteiger partial charge in [0.15, 0.2) is 0 Å². The Balaban J connectivity index is 2.49. The summed E-state index contributed by atoms with van der Waals surface area (Å²) in [4.78, 5) is 0. The molecular formula is C4H7N3. The van der Waals surface area contributed by atoms with Crippen LogP contribution < -0.4 is 0 Å². The Hall–Kier alpha value is -0.860. The molecule has 1 aliphatic heterocycles. The van der Waals surface area contributed by atoms with Crippen LogP contribution in [0, 0.1) is 0 Å². The molecule has 1 rings (SSSR count). The summed E-state index contributed by atoms with van der Waals surface area (Å²) < 4.78 is 0. The Morgan fingerprint density at radius 3 is 2.29 bits per heavy atom. The van der Waals surface area contributed by atoms with Crippen LogP contribution in [0.25, 0.3) is 0 Å². The highest BCUT2D eigenvalue weighted by atomic mass is 15.6. The van der Waals surface area contributed by atoms with Gasteiger partial charge in [0, 0.05) is 25.9 Å². The molecule has 0 aromatic heterocycles. The van der Waals surface area contributed by atoms with Gasteiger partial charge in [-0.05, 0) is 0 Å². The Labute approximate surface area is 42.3 Å². The Kier molecular flexibility index (Phi) is 1.06. The number of hydrogen-bond donors (Lipinski definition) is 0. The molecule has 0 saturated carbocycles. The SMILES string of the molecule is CN1N=CCC=N1. The Morgan fingerprint density at radius 1 is 1.43 bits per heavy atom. The van der Waals surface area contributed by atoms with Gasteiger partial charge in [0.1, 0.15) is 0 Å². The predicted octanol–water partition coefficient (Wildman–Crippen LogP) is 0.293. The molecule has 0 unspecified atom stereocenters. The van der Waals surface area contributed by atoms with Crippen LogP contribution in [-0.2, 0) is 0 Å². The third kappa shape index (κ3) is 0.994. The fraction of sp³-hybridized carbons (Fsp3) is 0.500. The molecule has 3 heteroatoms. The van der Waals surface area contributed by atoms with Crippen LogP contribution in [0.3, 0.4) is 0 Å². The molecule has 0 aliphatic carbocycles. The summed E-state index contributed by atoms with van der Waals surface area (Å²) in [6.45, 7) is 0. The molecule has 0 saturated heterocycles. The lowest BCUT2D eigenvalue weighted by Crippen LogP contribution is -2.06. The lowest BCUT2D eigenvalue weighted by atomic mass is 10.5. The molecule has 1 heterocycles. The number of rotatable bonds is 0. The van der Waals surface area contributed by atoms with E-state index >= 15 is 0 Å². The first-order chi connectivity index (χ1) is 3.39.